The fourth-order valence-corrected chi connectivity index (χ4v) is 3.54. The first-order valence-corrected chi connectivity index (χ1v) is 9.26. The number of carbonyl (C=O) groups is 2. The van der Waals surface area contributed by atoms with Crippen LogP contribution < -0.4 is 11.1 Å². The Morgan fingerprint density at radius 3 is 2.60 bits per heavy atom. The SMILES string of the molecule is CCOC(=O)CC(NC(=O)[C@@H]1CCC[C@@H]1CN)c1ccc(Br)cc1.Cl. The fourth-order valence-electron chi connectivity index (χ4n) is 3.28. The summed E-state index contributed by atoms with van der Waals surface area (Å²) < 4.78 is 6.00. The first kappa shape index (κ1) is 21.9. The molecule has 0 aliphatic heterocycles. The molecule has 1 fully saturated rings. The van der Waals surface area contributed by atoms with E-state index in [1.54, 1.807) is 6.92 Å². The quantitative estimate of drug-likeness (QED) is 0.646. The van der Waals surface area contributed by atoms with Crippen LogP contribution in [0.3, 0.4) is 0 Å². The Kier molecular flexibility index (Phi) is 9.46. The van der Waals surface area contributed by atoms with Gasteiger partial charge in [0, 0.05) is 10.4 Å². The molecule has 140 valence electrons. The van der Waals surface area contributed by atoms with Crippen LogP contribution in [-0.4, -0.2) is 25.0 Å². The third kappa shape index (κ3) is 6.28. The molecule has 5 nitrogen and oxygen atoms in total. The van der Waals surface area contributed by atoms with Crippen LogP contribution in [0.1, 0.15) is 44.2 Å². The zero-order valence-electron chi connectivity index (χ0n) is 14.4. The van der Waals surface area contributed by atoms with Crippen molar-refractivity contribution in [3.63, 3.8) is 0 Å². The molecule has 1 aliphatic carbocycles. The zero-order valence-corrected chi connectivity index (χ0v) is 16.8. The average Bonchev–Trinajstić information content (AvgIpc) is 3.04. The molecule has 1 amide bonds. The van der Waals surface area contributed by atoms with Gasteiger partial charge in [-0.15, -0.1) is 12.4 Å². The lowest BCUT2D eigenvalue weighted by atomic mass is 9.94. The highest BCUT2D eigenvalue weighted by molar-refractivity contribution is 9.10. The summed E-state index contributed by atoms with van der Waals surface area (Å²) in [6.45, 7) is 2.63. The van der Waals surface area contributed by atoms with Gasteiger partial charge in [-0.2, -0.15) is 0 Å². The molecule has 2 rings (SSSR count). The van der Waals surface area contributed by atoms with Crippen molar-refractivity contribution in [3.05, 3.63) is 34.3 Å². The van der Waals surface area contributed by atoms with Crippen LogP contribution in [0.15, 0.2) is 28.7 Å². The van der Waals surface area contributed by atoms with Gasteiger partial charge in [0.2, 0.25) is 5.91 Å². The van der Waals surface area contributed by atoms with Gasteiger partial charge in [0.15, 0.2) is 0 Å². The first-order valence-electron chi connectivity index (χ1n) is 8.46. The molecule has 0 heterocycles. The molecule has 1 unspecified atom stereocenters. The number of ether oxygens (including phenoxy) is 1. The maximum Gasteiger partial charge on any atom is 0.308 e. The number of halogens is 2. The number of benzene rings is 1. The molecule has 0 spiro atoms. The van der Waals surface area contributed by atoms with Crippen molar-refractivity contribution < 1.29 is 14.3 Å². The van der Waals surface area contributed by atoms with E-state index in [1.165, 1.54) is 0 Å². The van der Waals surface area contributed by atoms with Crippen LogP contribution >= 0.6 is 28.3 Å². The second-order valence-electron chi connectivity index (χ2n) is 6.16. The summed E-state index contributed by atoms with van der Waals surface area (Å²) in [5.74, 6) is -0.152. The maximum absolute atomic E-state index is 12.7. The lowest BCUT2D eigenvalue weighted by molar-refractivity contribution is -0.144. The maximum atomic E-state index is 12.7. The number of carbonyl (C=O) groups excluding carboxylic acids is 2. The van der Waals surface area contributed by atoms with Crippen molar-refractivity contribution >= 4 is 40.2 Å². The molecule has 3 atom stereocenters. The molecule has 3 N–H and O–H groups in total. The minimum absolute atomic E-state index is 0. The van der Waals surface area contributed by atoms with Crippen LogP contribution in [0, 0.1) is 11.8 Å². The van der Waals surface area contributed by atoms with E-state index in [0.29, 0.717) is 13.2 Å². The van der Waals surface area contributed by atoms with E-state index in [1.807, 2.05) is 24.3 Å². The minimum atomic E-state index is -0.385. The summed E-state index contributed by atoms with van der Waals surface area (Å²) in [6, 6.07) is 7.23. The van der Waals surface area contributed by atoms with E-state index in [4.69, 9.17) is 10.5 Å². The van der Waals surface area contributed by atoms with E-state index in [9.17, 15) is 9.59 Å². The third-order valence-electron chi connectivity index (χ3n) is 4.56. The highest BCUT2D eigenvalue weighted by Gasteiger charge is 2.33. The Morgan fingerprint density at radius 2 is 2.00 bits per heavy atom. The molecule has 1 aliphatic rings. The molecule has 0 saturated heterocycles. The Balaban J connectivity index is 0.00000312. The van der Waals surface area contributed by atoms with Gasteiger partial charge in [-0.1, -0.05) is 34.5 Å². The lowest BCUT2D eigenvalue weighted by Gasteiger charge is -2.23. The van der Waals surface area contributed by atoms with Crippen molar-refractivity contribution in [2.45, 2.75) is 38.6 Å². The Bertz CT molecular complexity index is 568. The molecular formula is C18H26BrClN2O3. The van der Waals surface area contributed by atoms with Gasteiger partial charge < -0.3 is 15.8 Å². The van der Waals surface area contributed by atoms with Gasteiger partial charge in [-0.25, -0.2) is 0 Å². The molecular weight excluding hydrogens is 408 g/mol. The molecule has 7 heteroatoms. The smallest absolute Gasteiger partial charge is 0.308 e. The monoisotopic (exact) mass is 432 g/mol. The average molecular weight is 434 g/mol. The lowest BCUT2D eigenvalue weighted by Crippen LogP contribution is -2.38. The topological polar surface area (TPSA) is 81.4 Å². The first-order chi connectivity index (χ1) is 11.5. The van der Waals surface area contributed by atoms with Gasteiger partial charge in [-0.3, -0.25) is 9.59 Å². The summed E-state index contributed by atoms with van der Waals surface area (Å²) in [6.07, 6.45) is 3.01. The third-order valence-corrected chi connectivity index (χ3v) is 5.09. The van der Waals surface area contributed by atoms with Gasteiger partial charge >= 0.3 is 5.97 Å². The van der Waals surface area contributed by atoms with E-state index >= 15 is 0 Å². The van der Waals surface area contributed by atoms with Crippen LogP contribution in [0.4, 0.5) is 0 Å². The number of rotatable bonds is 7. The Morgan fingerprint density at radius 1 is 1.32 bits per heavy atom. The second-order valence-corrected chi connectivity index (χ2v) is 7.07. The number of hydrogen-bond donors (Lipinski definition) is 2. The van der Waals surface area contributed by atoms with Gasteiger partial charge in [0.1, 0.15) is 0 Å². The second kappa shape index (κ2) is 10.8. The van der Waals surface area contributed by atoms with Crippen LogP contribution in [-0.2, 0) is 14.3 Å². The largest absolute Gasteiger partial charge is 0.466 e. The van der Waals surface area contributed by atoms with Crippen LogP contribution in [0.2, 0.25) is 0 Å². The van der Waals surface area contributed by atoms with Crippen molar-refractivity contribution in [1.29, 1.82) is 0 Å². The zero-order chi connectivity index (χ0) is 17.5. The van der Waals surface area contributed by atoms with E-state index in [2.05, 4.69) is 21.2 Å². The predicted octanol–water partition coefficient (Wildman–Crippen LogP) is 3.36. The fraction of sp³-hybridized carbons (Fsp3) is 0.556. The van der Waals surface area contributed by atoms with Crippen molar-refractivity contribution in [2.24, 2.45) is 17.6 Å². The molecule has 1 aromatic carbocycles. The highest BCUT2D eigenvalue weighted by Crippen LogP contribution is 2.32. The minimum Gasteiger partial charge on any atom is -0.466 e. The Hall–Kier alpha value is -1.11. The normalized spacial score (nSPS) is 20.4. The molecule has 1 saturated carbocycles. The van der Waals surface area contributed by atoms with Crippen molar-refractivity contribution in [3.8, 4) is 0 Å². The van der Waals surface area contributed by atoms with Gasteiger partial charge in [0.25, 0.3) is 0 Å². The van der Waals surface area contributed by atoms with Crippen LogP contribution in [0.5, 0.6) is 0 Å². The summed E-state index contributed by atoms with van der Waals surface area (Å²) in [7, 11) is 0. The van der Waals surface area contributed by atoms with Gasteiger partial charge in [0.05, 0.1) is 19.1 Å². The predicted molar refractivity (Wildman–Crippen MR) is 103 cm³/mol. The summed E-state index contributed by atoms with van der Waals surface area (Å²) in [5, 5.41) is 3.04. The summed E-state index contributed by atoms with van der Waals surface area (Å²) in [4.78, 5) is 24.6. The van der Waals surface area contributed by atoms with E-state index in [-0.39, 0.29) is 48.6 Å². The van der Waals surface area contributed by atoms with Crippen molar-refractivity contribution in [2.75, 3.05) is 13.2 Å². The molecule has 0 aromatic heterocycles. The molecule has 1 aromatic rings. The molecule has 25 heavy (non-hydrogen) atoms. The number of amides is 1. The highest BCUT2D eigenvalue weighted by atomic mass is 79.9. The number of nitrogens with two attached hydrogens (primary N) is 1. The number of nitrogens with one attached hydrogen (secondary N) is 1. The van der Waals surface area contributed by atoms with Gasteiger partial charge in [-0.05, 0) is 49.9 Å². The Labute approximate surface area is 163 Å². The van der Waals surface area contributed by atoms with Crippen molar-refractivity contribution in [1.82, 2.24) is 5.32 Å². The number of esters is 1. The van der Waals surface area contributed by atoms with Crippen LogP contribution in [0.25, 0.3) is 0 Å². The molecule has 0 radical (unpaired) electrons. The summed E-state index contributed by atoms with van der Waals surface area (Å²) >= 11 is 3.40. The standard InChI is InChI=1S/C18H25BrN2O3.ClH/c1-2-24-17(22)10-16(12-6-8-14(19)9-7-12)21-18(23)15-5-3-4-13(15)11-20;/h6-9,13,15-16H,2-5,10-11,20H2,1H3,(H,21,23);1H/t13-,15-,16?;/m1./s1. The molecule has 0 bridgehead atoms. The van der Waals surface area contributed by atoms with E-state index < -0.39 is 0 Å². The number of hydrogen-bond acceptors (Lipinski definition) is 4. The van der Waals surface area contributed by atoms with E-state index in [0.717, 1.165) is 29.3 Å². The summed E-state index contributed by atoms with van der Waals surface area (Å²) in [5.41, 5.74) is 6.67.